The summed E-state index contributed by atoms with van der Waals surface area (Å²) in [4.78, 5) is 28.7. The maximum atomic E-state index is 12.6. The maximum Gasteiger partial charge on any atom is 0.317 e. The Morgan fingerprint density at radius 3 is 2.53 bits per heavy atom. The van der Waals surface area contributed by atoms with Crippen molar-refractivity contribution in [3.8, 4) is 0 Å². The Labute approximate surface area is 180 Å². The Morgan fingerprint density at radius 1 is 0.933 bits per heavy atom. The first-order valence-corrected chi connectivity index (χ1v) is 11.2. The number of urea groups is 1. The predicted octanol–water partition coefficient (Wildman–Crippen LogP) is 3.16. The molecule has 3 amide bonds. The van der Waals surface area contributed by atoms with Gasteiger partial charge in [0.1, 0.15) is 0 Å². The molecule has 1 saturated heterocycles. The first-order chi connectivity index (χ1) is 14.7. The predicted molar refractivity (Wildman–Crippen MR) is 121 cm³/mol. The van der Waals surface area contributed by atoms with Crippen molar-refractivity contribution in [1.29, 1.82) is 0 Å². The van der Waals surface area contributed by atoms with E-state index in [1.807, 2.05) is 39.9 Å². The molecule has 0 radical (unpaired) electrons. The fourth-order valence-corrected chi connectivity index (χ4v) is 4.36. The highest BCUT2D eigenvalue weighted by Crippen LogP contribution is 2.18. The van der Waals surface area contributed by atoms with Crippen LogP contribution in [0.3, 0.4) is 0 Å². The zero-order chi connectivity index (χ0) is 20.8. The molecular weight excluding hydrogens is 396 g/mol. The summed E-state index contributed by atoms with van der Waals surface area (Å²) >= 11 is 1.52. The van der Waals surface area contributed by atoms with Crippen molar-refractivity contribution in [3.05, 3.63) is 70.4 Å². The zero-order valence-electron chi connectivity index (χ0n) is 16.8. The largest absolute Gasteiger partial charge is 0.351 e. The van der Waals surface area contributed by atoms with Gasteiger partial charge in [0.25, 0.3) is 5.91 Å². The summed E-state index contributed by atoms with van der Waals surface area (Å²) in [6.07, 6.45) is 0. The summed E-state index contributed by atoms with van der Waals surface area (Å²) in [5, 5.41) is 12.1. The van der Waals surface area contributed by atoms with Gasteiger partial charge in [0.15, 0.2) is 0 Å². The molecule has 6 nitrogen and oxygen atoms in total. The van der Waals surface area contributed by atoms with Crippen LogP contribution in [0.15, 0.2) is 59.3 Å². The second-order valence-corrected chi connectivity index (χ2v) is 8.17. The second-order valence-electron chi connectivity index (χ2n) is 7.39. The third-order valence-corrected chi connectivity index (χ3v) is 6.15. The average molecular weight is 423 g/mol. The van der Waals surface area contributed by atoms with Crippen molar-refractivity contribution in [2.24, 2.45) is 0 Å². The highest BCUT2D eigenvalue weighted by atomic mass is 32.1. The molecule has 156 valence electrons. The molecule has 2 aromatic carbocycles. The molecule has 7 heteroatoms. The molecule has 0 bridgehead atoms. The summed E-state index contributed by atoms with van der Waals surface area (Å²) in [6, 6.07) is 16.2. The van der Waals surface area contributed by atoms with Crippen LogP contribution in [0.1, 0.15) is 15.9 Å². The number of piperazine rings is 1. The van der Waals surface area contributed by atoms with Gasteiger partial charge in [0.05, 0.1) is 0 Å². The Hall–Kier alpha value is -2.90. The van der Waals surface area contributed by atoms with Crippen LogP contribution in [0.4, 0.5) is 4.79 Å². The molecule has 1 aromatic heterocycles. The Balaban J connectivity index is 1.19. The van der Waals surface area contributed by atoms with Crippen LogP contribution in [0.5, 0.6) is 0 Å². The highest BCUT2D eigenvalue weighted by Gasteiger charge is 2.21. The molecule has 2 heterocycles. The summed E-state index contributed by atoms with van der Waals surface area (Å²) in [5.74, 6) is -0.0253. The number of fused-ring (bicyclic) bond motifs is 1. The van der Waals surface area contributed by atoms with Crippen LogP contribution in [0.2, 0.25) is 0 Å². The van der Waals surface area contributed by atoms with E-state index >= 15 is 0 Å². The molecule has 0 spiro atoms. The number of hydrogen-bond acceptors (Lipinski definition) is 4. The van der Waals surface area contributed by atoms with Gasteiger partial charge in [-0.05, 0) is 27.8 Å². The molecule has 0 unspecified atom stereocenters. The first-order valence-electron chi connectivity index (χ1n) is 10.2. The van der Waals surface area contributed by atoms with E-state index in [4.69, 9.17) is 0 Å². The molecule has 0 aliphatic carbocycles. The number of amides is 3. The van der Waals surface area contributed by atoms with Gasteiger partial charge in [-0.25, -0.2) is 4.79 Å². The van der Waals surface area contributed by atoms with Crippen LogP contribution in [0.25, 0.3) is 10.8 Å². The molecule has 4 rings (SSSR count). The van der Waals surface area contributed by atoms with E-state index in [0.717, 1.165) is 25.2 Å². The standard InChI is InChI=1S/C23H26N4O2S/c28-22(20-8-15-30-17-20)24-9-10-26-11-13-27(14-12-26)23(29)25-16-19-6-3-5-18-4-1-2-7-21(18)19/h1-8,15,17H,9-14,16H2,(H,24,28)(H,25,29). The van der Waals surface area contributed by atoms with E-state index in [-0.39, 0.29) is 11.9 Å². The third kappa shape index (κ3) is 4.98. The van der Waals surface area contributed by atoms with Gasteiger partial charge < -0.3 is 15.5 Å². The fourth-order valence-electron chi connectivity index (χ4n) is 3.73. The number of nitrogens with zero attached hydrogens (tertiary/aromatic N) is 2. The molecule has 2 N–H and O–H groups in total. The lowest BCUT2D eigenvalue weighted by atomic mass is 10.0. The normalized spacial score (nSPS) is 14.6. The van der Waals surface area contributed by atoms with Crippen molar-refractivity contribution < 1.29 is 9.59 Å². The number of nitrogens with one attached hydrogen (secondary N) is 2. The Morgan fingerprint density at radius 2 is 1.73 bits per heavy atom. The summed E-state index contributed by atoms with van der Waals surface area (Å²) in [6.45, 7) is 4.95. The molecular formula is C23H26N4O2S. The van der Waals surface area contributed by atoms with E-state index < -0.39 is 0 Å². The summed E-state index contributed by atoms with van der Waals surface area (Å²) < 4.78 is 0. The fraction of sp³-hybridized carbons (Fsp3) is 0.304. The van der Waals surface area contributed by atoms with Crippen molar-refractivity contribution in [3.63, 3.8) is 0 Å². The van der Waals surface area contributed by atoms with Crippen LogP contribution >= 0.6 is 11.3 Å². The molecule has 1 aliphatic heterocycles. The Bertz CT molecular complexity index is 992. The van der Waals surface area contributed by atoms with E-state index in [2.05, 4.69) is 39.8 Å². The number of carbonyl (C=O) groups excluding carboxylic acids is 2. The van der Waals surface area contributed by atoms with E-state index in [0.29, 0.717) is 31.7 Å². The smallest absolute Gasteiger partial charge is 0.317 e. The molecule has 3 aromatic rings. The monoisotopic (exact) mass is 422 g/mol. The van der Waals surface area contributed by atoms with E-state index in [9.17, 15) is 9.59 Å². The van der Waals surface area contributed by atoms with Crippen molar-refractivity contribution >= 4 is 34.0 Å². The van der Waals surface area contributed by atoms with Crippen molar-refractivity contribution in [1.82, 2.24) is 20.4 Å². The minimum Gasteiger partial charge on any atom is -0.351 e. The van der Waals surface area contributed by atoms with Crippen molar-refractivity contribution in [2.45, 2.75) is 6.54 Å². The van der Waals surface area contributed by atoms with Gasteiger partial charge in [0, 0.05) is 56.8 Å². The number of benzene rings is 2. The lowest BCUT2D eigenvalue weighted by Crippen LogP contribution is -2.52. The minimum atomic E-state index is -0.0253. The molecule has 0 saturated carbocycles. The number of carbonyl (C=O) groups is 2. The van der Waals surface area contributed by atoms with Crippen LogP contribution < -0.4 is 10.6 Å². The molecule has 1 aliphatic rings. The number of thiophene rings is 1. The minimum absolute atomic E-state index is 0.0201. The number of rotatable bonds is 6. The molecule has 30 heavy (non-hydrogen) atoms. The van der Waals surface area contributed by atoms with E-state index in [1.54, 1.807) is 0 Å². The highest BCUT2D eigenvalue weighted by molar-refractivity contribution is 7.08. The quantitative estimate of drug-likeness (QED) is 0.641. The van der Waals surface area contributed by atoms with Crippen LogP contribution in [-0.2, 0) is 6.54 Å². The topological polar surface area (TPSA) is 64.7 Å². The Kier molecular flexibility index (Phi) is 6.61. The van der Waals surface area contributed by atoms with Gasteiger partial charge in [0.2, 0.25) is 0 Å². The van der Waals surface area contributed by atoms with Gasteiger partial charge in [-0.15, -0.1) is 0 Å². The van der Waals surface area contributed by atoms with Gasteiger partial charge in [-0.1, -0.05) is 42.5 Å². The molecule has 1 fully saturated rings. The maximum absolute atomic E-state index is 12.6. The van der Waals surface area contributed by atoms with Gasteiger partial charge >= 0.3 is 6.03 Å². The first kappa shape index (κ1) is 20.4. The van der Waals surface area contributed by atoms with Crippen molar-refractivity contribution in [2.75, 3.05) is 39.3 Å². The average Bonchev–Trinajstić information content (AvgIpc) is 3.33. The van der Waals surface area contributed by atoms with Gasteiger partial charge in [-0.2, -0.15) is 11.3 Å². The summed E-state index contributed by atoms with van der Waals surface area (Å²) in [7, 11) is 0. The van der Waals surface area contributed by atoms with Crippen LogP contribution in [0, 0.1) is 0 Å². The zero-order valence-corrected chi connectivity index (χ0v) is 17.7. The number of hydrogen-bond donors (Lipinski definition) is 2. The van der Waals surface area contributed by atoms with Crippen LogP contribution in [-0.4, -0.2) is 61.0 Å². The molecule has 0 atom stereocenters. The summed E-state index contributed by atoms with van der Waals surface area (Å²) in [5.41, 5.74) is 1.84. The SMILES string of the molecule is O=C(NCCN1CCN(C(=O)NCc2cccc3ccccc23)CC1)c1ccsc1. The lowest BCUT2D eigenvalue weighted by molar-refractivity contribution is 0.0942. The van der Waals surface area contributed by atoms with Gasteiger partial charge in [-0.3, -0.25) is 9.69 Å². The van der Waals surface area contributed by atoms with E-state index in [1.165, 1.54) is 22.1 Å². The second kappa shape index (κ2) is 9.73. The third-order valence-electron chi connectivity index (χ3n) is 5.47. The lowest BCUT2D eigenvalue weighted by Gasteiger charge is -2.34.